The van der Waals surface area contributed by atoms with Crippen LogP contribution in [0.1, 0.15) is 47.0 Å². The Balaban J connectivity index is -0.000000295. The van der Waals surface area contributed by atoms with E-state index < -0.39 is 11.9 Å². The second-order valence-electron chi connectivity index (χ2n) is 4.58. The van der Waals surface area contributed by atoms with Gasteiger partial charge in [0.05, 0.1) is 0 Å². The maximum atomic E-state index is 10.7. The van der Waals surface area contributed by atoms with E-state index in [1.807, 2.05) is 13.2 Å². The zero-order valence-corrected chi connectivity index (χ0v) is 16.3. The molecular weight excluding hydrogens is 347 g/mol. The number of likely N-dealkylation sites (N-methyl/N-ethyl adjacent to an activating group) is 1. The zero-order chi connectivity index (χ0) is 16.1. The Labute approximate surface area is 153 Å². The number of amides is 1. The van der Waals surface area contributed by atoms with Crippen LogP contribution in [-0.4, -0.2) is 36.6 Å². The minimum Gasteiger partial charge on any atom is -0.668 e. The molecule has 0 aliphatic carbocycles. The van der Waals surface area contributed by atoms with Gasteiger partial charge in [-0.05, 0) is 6.54 Å². The smallest absolute Gasteiger partial charge is 0.216 e. The van der Waals surface area contributed by atoms with Crippen LogP contribution in [0.15, 0.2) is 0 Å². The molecule has 1 radical (unpaired) electrons. The summed E-state index contributed by atoms with van der Waals surface area (Å²) in [6.07, 6.45) is 3.15. The van der Waals surface area contributed by atoms with Gasteiger partial charge in [0, 0.05) is 45.6 Å². The van der Waals surface area contributed by atoms with Crippen molar-refractivity contribution in [1.29, 1.82) is 0 Å². The van der Waals surface area contributed by atoms with Crippen LogP contribution in [0.25, 0.3) is 5.73 Å². The normalized spacial score (nSPS) is 13.8. The largest absolute Gasteiger partial charge is 0.668 e. The molecule has 0 bridgehead atoms. The summed E-state index contributed by atoms with van der Waals surface area (Å²) < 4.78 is 0. The van der Waals surface area contributed by atoms with Crippen LogP contribution in [0.3, 0.4) is 0 Å². The molecule has 7 heteroatoms. The molecule has 0 heterocycles. The molecule has 4 N–H and O–H groups in total. The maximum absolute atomic E-state index is 10.7. The number of carbonyl (C=O) groups excluding carboxylic acids is 3. The summed E-state index contributed by atoms with van der Waals surface area (Å²) in [6, 6.07) is -1.03. The maximum Gasteiger partial charge on any atom is 0.216 e. The van der Waals surface area contributed by atoms with Crippen molar-refractivity contribution in [3.63, 3.8) is 0 Å². The quantitative estimate of drug-likeness (QED) is 0.594. The molecule has 0 fully saturated rings. The molecule has 121 valence electrons. The first-order valence-electron chi connectivity index (χ1n) is 6.96. The monoisotopic (exact) mass is 374 g/mol. The van der Waals surface area contributed by atoms with E-state index in [0.29, 0.717) is 12.3 Å². The molecule has 1 amide bonds. The fourth-order valence-electron chi connectivity index (χ4n) is 1.38. The molecule has 0 saturated heterocycles. The van der Waals surface area contributed by atoms with Crippen LogP contribution in [-0.2, 0) is 47.1 Å². The minimum absolute atomic E-state index is 0. The van der Waals surface area contributed by atoms with Crippen molar-refractivity contribution >= 4 is 18.0 Å². The third kappa shape index (κ3) is 14.5. The molecule has 0 aliphatic rings. The first kappa shape index (κ1) is 25.8. The summed E-state index contributed by atoms with van der Waals surface area (Å²) in [6.45, 7) is 8.62. The molecule has 21 heavy (non-hydrogen) atoms. The molecule has 0 unspecified atom stereocenters. The average molecular weight is 374 g/mol. The summed E-state index contributed by atoms with van der Waals surface area (Å²) in [5, 5.41) is 3.06. The van der Waals surface area contributed by atoms with Gasteiger partial charge in [0.15, 0.2) is 0 Å². The molecule has 0 saturated carbocycles. The topological polar surface area (TPSA) is 113 Å². The van der Waals surface area contributed by atoms with Gasteiger partial charge < -0.3 is 26.4 Å². The van der Waals surface area contributed by atoms with E-state index in [1.165, 1.54) is 0 Å². The second-order valence-corrected chi connectivity index (χ2v) is 4.58. The number of hydrogen-bond acceptors (Lipinski definition) is 4. The molecular formula is C14H27N3O3Y-2. The summed E-state index contributed by atoms with van der Waals surface area (Å²) in [4.78, 5) is 31.1. The van der Waals surface area contributed by atoms with Crippen molar-refractivity contribution in [1.82, 2.24) is 5.32 Å². The van der Waals surface area contributed by atoms with E-state index in [0.717, 1.165) is 13.0 Å². The van der Waals surface area contributed by atoms with Crippen LogP contribution >= 0.6 is 0 Å². The van der Waals surface area contributed by atoms with Crippen molar-refractivity contribution < 1.29 is 47.1 Å². The Hall–Kier alpha value is -0.166. The van der Waals surface area contributed by atoms with Crippen molar-refractivity contribution in [2.75, 3.05) is 6.54 Å². The van der Waals surface area contributed by atoms with E-state index >= 15 is 0 Å². The van der Waals surface area contributed by atoms with Gasteiger partial charge in [-0.3, -0.25) is 4.79 Å². The Morgan fingerprint density at radius 3 is 2.10 bits per heavy atom. The van der Waals surface area contributed by atoms with Gasteiger partial charge in [0.2, 0.25) is 5.91 Å². The van der Waals surface area contributed by atoms with Crippen LogP contribution in [0.4, 0.5) is 0 Å². The molecule has 3 atom stereocenters. The van der Waals surface area contributed by atoms with Gasteiger partial charge in [-0.25, -0.2) is 6.29 Å². The summed E-state index contributed by atoms with van der Waals surface area (Å²) in [7, 11) is 0. The first-order valence-corrected chi connectivity index (χ1v) is 6.96. The van der Waals surface area contributed by atoms with Crippen molar-refractivity contribution in [3.8, 4) is 0 Å². The predicted octanol–water partition coefficient (Wildman–Crippen LogP) is 1.38. The SMILES string of the molecule is CCC(=O)[C@@H]([NH-])CC(N)=O.CCN[C@H]([C-]=O)[C@@H](C)CC.[Y]. The first-order chi connectivity index (χ1) is 9.33. The summed E-state index contributed by atoms with van der Waals surface area (Å²) in [5.74, 6) is -0.432. The van der Waals surface area contributed by atoms with Gasteiger partial charge in [0.25, 0.3) is 0 Å². The number of nitrogens with one attached hydrogen (secondary N) is 2. The van der Waals surface area contributed by atoms with Crippen molar-refractivity contribution in [2.45, 2.75) is 59.0 Å². The van der Waals surface area contributed by atoms with Gasteiger partial charge in [0.1, 0.15) is 5.78 Å². The zero-order valence-electron chi connectivity index (χ0n) is 13.4. The fourth-order valence-corrected chi connectivity index (χ4v) is 1.38. The van der Waals surface area contributed by atoms with Gasteiger partial charge in [-0.2, -0.15) is 0 Å². The van der Waals surface area contributed by atoms with E-state index in [-0.39, 0.29) is 51.0 Å². The van der Waals surface area contributed by atoms with Crippen LogP contribution in [0.2, 0.25) is 0 Å². The number of primary amides is 1. The molecule has 0 spiro atoms. The molecule has 0 aromatic rings. The number of hydrogen-bond donors (Lipinski definition) is 2. The Kier molecular flexibility index (Phi) is 19.9. The third-order valence-electron chi connectivity index (χ3n) is 2.91. The van der Waals surface area contributed by atoms with E-state index in [1.54, 1.807) is 6.92 Å². The standard InChI is InChI=1S/C8H16NO.C6H11N2O2.Y/c1-4-7(3)8(6-10)9-5-2;1-2-5(9)4(7)3-6(8)10;/h7-9H,4-5H2,1-3H3;4,7H,2-3H2,1H3,(H2,8,10);/q2*-1;/t7-,8+;4-;/m00./s1. The summed E-state index contributed by atoms with van der Waals surface area (Å²) in [5.41, 5.74) is 11.8. The van der Waals surface area contributed by atoms with Gasteiger partial charge in [-0.15, -0.1) is 0 Å². The van der Waals surface area contributed by atoms with Crippen molar-refractivity contribution in [3.05, 3.63) is 5.73 Å². The van der Waals surface area contributed by atoms with E-state index in [9.17, 15) is 14.4 Å². The minimum atomic E-state index is -0.956. The average Bonchev–Trinajstić information content (AvgIpc) is 2.42. The third-order valence-corrected chi connectivity index (χ3v) is 2.91. The van der Waals surface area contributed by atoms with E-state index in [4.69, 9.17) is 11.5 Å². The van der Waals surface area contributed by atoms with Crippen LogP contribution < -0.4 is 11.1 Å². The van der Waals surface area contributed by atoms with E-state index in [2.05, 4.69) is 19.2 Å². The number of carbonyl (C=O) groups is 2. The molecule has 0 aromatic carbocycles. The predicted molar refractivity (Wildman–Crippen MR) is 79.8 cm³/mol. The number of ketones is 1. The molecule has 0 aliphatic heterocycles. The number of Topliss-reactive ketones (excluding diaryl/α,β-unsaturated/α-hetero) is 1. The van der Waals surface area contributed by atoms with Gasteiger partial charge in [-0.1, -0.05) is 52.1 Å². The molecule has 6 nitrogen and oxygen atoms in total. The van der Waals surface area contributed by atoms with Crippen LogP contribution in [0, 0.1) is 5.92 Å². The number of rotatable bonds is 9. The summed E-state index contributed by atoms with van der Waals surface area (Å²) >= 11 is 0. The van der Waals surface area contributed by atoms with Crippen molar-refractivity contribution in [2.24, 2.45) is 11.7 Å². The van der Waals surface area contributed by atoms with Crippen LogP contribution in [0.5, 0.6) is 0 Å². The number of nitrogens with two attached hydrogens (primary N) is 1. The van der Waals surface area contributed by atoms with Gasteiger partial charge >= 0.3 is 0 Å². The fraction of sp³-hybridized carbons (Fsp3) is 0.786. The Bertz CT molecular complexity index is 301. The molecule has 0 rings (SSSR count). The Morgan fingerprint density at radius 2 is 1.81 bits per heavy atom. The Morgan fingerprint density at radius 1 is 1.29 bits per heavy atom. The second kappa shape index (κ2) is 16.2. The molecule has 0 aromatic heterocycles.